The van der Waals surface area contributed by atoms with E-state index in [0.717, 1.165) is 5.03 Å². The van der Waals surface area contributed by atoms with Crippen LogP contribution in [0.1, 0.15) is 6.23 Å². The highest BCUT2D eigenvalue weighted by atomic mass is 33.1. The van der Waals surface area contributed by atoms with Crippen molar-refractivity contribution in [3.8, 4) is 0 Å². The molecule has 4 heterocycles. The van der Waals surface area contributed by atoms with Gasteiger partial charge in [-0.1, -0.05) is 16.9 Å². The summed E-state index contributed by atoms with van der Waals surface area (Å²) < 4.78 is 7.50. The minimum Gasteiger partial charge on any atom is -0.394 e. The first-order chi connectivity index (χ1) is 12.7. The molecular formula is C15H16N6O3S2. The minimum absolute atomic E-state index is 0.211. The molecule has 0 aliphatic carbocycles. The molecule has 0 unspecified atom stereocenters. The number of rotatable bonds is 5. The van der Waals surface area contributed by atoms with E-state index in [-0.39, 0.29) is 17.7 Å². The summed E-state index contributed by atoms with van der Waals surface area (Å²) in [6.45, 7) is -0.211. The highest BCUT2D eigenvalue weighted by molar-refractivity contribution is 8.76. The molecule has 4 atom stereocenters. The Bertz CT molecular complexity index is 895. The number of hydrogen-bond donors (Lipinski definition) is 3. The van der Waals surface area contributed by atoms with Gasteiger partial charge in [0.1, 0.15) is 23.0 Å². The zero-order valence-electron chi connectivity index (χ0n) is 13.4. The third kappa shape index (κ3) is 3.12. The summed E-state index contributed by atoms with van der Waals surface area (Å²) in [5, 5.41) is 21.0. The lowest BCUT2D eigenvalue weighted by atomic mass is 10.2. The molecule has 9 nitrogen and oxygen atoms in total. The molecule has 0 spiro atoms. The van der Waals surface area contributed by atoms with E-state index in [2.05, 4.69) is 19.9 Å². The van der Waals surface area contributed by atoms with Gasteiger partial charge in [-0.05, 0) is 22.9 Å². The number of nitrogens with two attached hydrogens (primary N) is 1. The Morgan fingerprint density at radius 3 is 2.88 bits per heavy atom. The number of nitrogens with zero attached hydrogens (tertiary/aromatic N) is 5. The monoisotopic (exact) mass is 392 g/mol. The fourth-order valence-electron chi connectivity index (χ4n) is 2.77. The number of aliphatic hydroxyl groups is 2. The number of aromatic nitrogens is 5. The third-order valence-corrected chi connectivity index (χ3v) is 6.81. The van der Waals surface area contributed by atoms with E-state index in [4.69, 9.17) is 10.5 Å². The molecule has 1 saturated heterocycles. The van der Waals surface area contributed by atoms with Gasteiger partial charge in [0.05, 0.1) is 24.3 Å². The molecule has 1 aliphatic heterocycles. The normalized spacial score (nSPS) is 25.8. The van der Waals surface area contributed by atoms with Crippen molar-refractivity contribution >= 4 is 38.6 Å². The molecule has 0 saturated carbocycles. The fraction of sp³-hybridized carbons (Fsp3) is 0.333. The van der Waals surface area contributed by atoms with Crippen LogP contribution in [-0.2, 0) is 4.74 Å². The molecule has 0 radical (unpaired) electrons. The van der Waals surface area contributed by atoms with Gasteiger partial charge >= 0.3 is 0 Å². The second kappa shape index (κ2) is 7.37. The van der Waals surface area contributed by atoms with Gasteiger partial charge in [-0.25, -0.2) is 19.9 Å². The van der Waals surface area contributed by atoms with E-state index in [1.54, 1.807) is 10.8 Å². The lowest BCUT2D eigenvalue weighted by Crippen LogP contribution is -2.30. The van der Waals surface area contributed by atoms with Crippen molar-refractivity contribution in [3.05, 3.63) is 37.1 Å². The molecule has 0 bridgehead atoms. The Kier molecular flexibility index (Phi) is 4.96. The van der Waals surface area contributed by atoms with Gasteiger partial charge in [0.15, 0.2) is 17.7 Å². The lowest BCUT2D eigenvalue weighted by molar-refractivity contribution is -0.0486. The number of hydrogen-bond acceptors (Lipinski definition) is 10. The maximum atomic E-state index is 10.8. The SMILES string of the molecule is Nc1ncnc2c1ncn2[C@@H]1O[C@H](CO)[C@@H](SSc2ccccn2)[C@H]1O. The van der Waals surface area contributed by atoms with Gasteiger partial charge in [-0.3, -0.25) is 4.57 Å². The minimum atomic E-state index is -0.873. The van der Waals surface area contributed by atoms with Gasteiger partial charge in [0.25, 0.3) is 0 Å². The summed E-state index contributed by atoms with van der Waals surface area (Å²) in [6, 6.07) is 5.62. The molecule has 4 N–H and O–H groups in total. The quantitative estimate of drug-likeness (QED) is 0.537. The first kappa shape index (κ1) is 17.5. The van der Waals surface area contributed by atoms with Gasteiger partial charge < -0.3 is 20.7 Å². The molecule has 11 heteroatoms. The summed E-state index contributed by atoms with van der Waals surface area (Å²) in [4.78, 5) is 16.5. The van der Waals surface area contributed by atoms with Crippen LogP contribution >= 0.6 is 21.6 Å². The molecule has 136 valence electrons. The van der Waals surface area contributed by atoms with Crippen LogP contribution in [0.5, 0.6) is 0 Å². The Morgan fingerprint density at radius 1 is 1.23 bits per heavy atom. The van der Waals surface area contributed by atoms with Crippen molar-refractivity contribution in [2.45, 2.75) is 28.7 Å². The standard InChI is InChI=1S/C15H16N6O3S2/c16-13-10-14(19-6-18-13)21(7-20-10)15-11(23)12(8(5-22)24-15)26-25-9-3-1-2-4-17-9/h1-4,6-8,11-12,15,22-23H,5H2,(H2,16,18,19)/t8-,11-,12-,15-/m1/s1. The molecule has 4 rings (SSSR count). The average molecular weight is 392 g/mol. The van der Waals surface area contributed by atoms with Crippen LogP contribution in [0.2, 0.25) is 0 Å². The van der Waals surface area contributed by atoms with Crippen LogP contribution in [0, 0.1) is 0 Å². The summed E-state index contributed by atoms with van der Waals surface area (Å²) in [5.74, 6) is 0.261. The molecule has 3 aromatic rings. The van der Waals surface area contributed by atoms with E-state index in [1.807, 2.05) is 18.2 Å². The number of imidazole rings is 1. The Balaban J connectivity index is 1.57. The lowest BCUT2D eigenvalue weighted by Gasteiger charge is -2.18. The molecular weight excluding hydrogens is 376 g/mol. The number of aliphatic hydroxyl groups excluding tert-OH is 2. The fourth-order valence-corrected chi connectivity index (χ4v) is 5.38. The molecule has 0 aromatic carbocycles. The highest BCUT2D eigenvalue weighted by Crippen LogP contribution is 2.44. The van der Waals surface area contributed by atoms with Gasteiger partial charge in [0, 0.05) is 6.20 Å². The van der Waals surface area contributed by atoms with E-state index < -0.39 is 18.4 Å². The van der Waals surface area contributed by atoms with Crippen LogP contribution < -0.4 is 5.73 Å². The second-order valence-electron chi connectivity index (χ2n) is 5.63. The average Bonchev–Trinajstić information content (AvgIpc) is 3.22. The van der Waals surface area contributed by atoms with E-state index in [0.29, 0.717) is 11.2 Å². The van der Waals surface area contributed by atoms with E-state index >= 15 is 0 Å². The van der Waals surface area contributed by atoms with Crippen LogP contribution in [-0.4, -0.2) is 58.8 Å². The molecule has 26 heavy (non-hydrogen) atoms. The Labute approximate surface area is 156 Å². The van der Waals surface area contributed by atoms with Gasteiger partial charge in [-0.15, -0.1) is 0 Å². The van der Waals surface area contributed by atoms with Crippen LogP contribution in [0.3, 0.4) is 0 Å². The highest BCUT2D eigenvalue weighted by Gasteiger charge is 2.45. The Hall–Kier alpha value is -1.92. The summed E-state index contributed by atoms with van der Waals surface area (Å²) in [5.41, 5.74) is 6.73. The first-order valence-corrected chi connectivity index (χ1v) is 10.0. The van der Waals surface area contributed by atoms with Gasteiger partial charge in [0.2, 0.25) is 0 Å². The van der Waals surface area contributed by atoms with E-state index in [9.17, 15) is 10.2 Å². The predicted octanol–water partition coefficient (Wildman–Crippen LogP) is 0.863. The first-order valence-electron chi connectivity index (χ1n) is 7.81. The number of ether oxygens (including phenoxy) is 1. The van der Waals surface area contributed by atoms with Crippen molar-refractivity contribution in [2.24, 2.45) is 0 Å². The largest absolute Gasteiger partial charge is 0.394 e. The predicted molar refractivity (Wildman–Crippen MR) is 98.2 cm³/mol. The number of nitrogen functional groups attached to an aromatic ring is 1. The smallest absolute Gasteiger partial charge is 0.167 e. The number of anilines is 1. The number of fused-ring (bicyclic) bond motifs is 1. The molecule has 0 amide bonds. The van der Waals surface area contributed by atoms with Crippen molar-refractivity contribution in [3.63, 3.8) is 0 Å². The maximum Gasteiger partial charge on any atom is 0.167 e. The van der Waals surface area contributed by atoms with Crippen molar-refractivity contribution in [1.29, 1.82) is 0 Å². The zero-order valence-corrected chi connectivity index (χ0v) is 15.0. The van der Waals surface area contributed by atoms with Crippen LogP contribution in [0.15, 0.2) is 42.1 Å². The van der Waals surface area contributed by atoms with E-state index in [1.165, 1.54) is 34.2 Å². The van der Waals surface area contributed by atoms with Crippen molar-refractivity contribution in [2.75, 3.05) is 12.3 Å². The topological polar surface area (TPSA) is 132 Å². The zero-order chi connectivity index (χ0) is 18.1. The maximum absolute atomic E-state index is 10.8. The van der Waals surface area contributed by atoms with Crippen molar-refractivity contribution < 1.29 is 14.9 Å². The summed E-state index contributed by atoms with van der Waals surface area (Å²) in [6.07, 6.45) is 2.42. The number of pyridine rings is 1. The molecule has 1 fully saturated rings. The third-order valence-electron chi connectivity index (χ3n) is 4.03. The van der Waals surface area contributed by atoms with Crippen LogP contribution in [0.25, 0.3) is 11.2 Å². The molecule has 3 aromatic heterocycles. The Morgan fingerprint density at radius 2 is 2.12 bits per heavy atom. The van der Waals surface area contributed by atoms with Crippen LogP contribution in [0.4, 0.5) is 5.82 Å². The second-order valence-corrected chi connectivity index (χ2v) is 8.03. The van der Waals surface area contributed by atoms with Crippen molar-refractivity contribution in [1.82, 2.24) is 24.5 Å². The summed E-state index contributed by atoms with van der Waals surface area (Å²) >= 11 is 0. The summed E-state index contributed by atoms with van der Waals surface area (Å²) in [7, 11) is 2.85. The molecule has 1 aliphatic rings. The van der Waals surface area contributed by atoms with Gasteiger partial charge in [-0.2, -0.15) is 0 Å².